The molecular formula is C16H18N4S. The average molecular weight is 298 g/mol. The molecule has 0 radical (unpaired) electrons. The Bertz CT molecular complexity index is 766. The first kappa shape index (κ1) is 13.8. The Balaban J connectivity index is 1.99. The van der Waals surface area contributed by atoms with Crippen LogP contribution in [0.2, 0.25) is 0 Å². The molecule has 0 amide bonds. The Hall–Kier alpha value is -2.14. The summed E-state index contributed by atoms with van der Waals surface area (Å²) in [4.78, 5) is 12.3. The Kier molecular flexibility index (Phi) is 3.75. The second-order valence-corrected chi connectivity index (χ2v) is 5.94. The molecule has 0 saturated carbocycles. The van der Waals surface area contributed by atoms with Crippen molar-refractivity contribution in [1.82, 2.24) is 9.97 Å². The highest BCUT2D eigenvalue weighted by Crippen LogP contribution is 2.29. The van der Waals surface area contributed by atoms with Gasteiger partial charge in [0.1, 0.15) is 10.6 Å². The fourth-order valence-corrected chi connectivity index (χ4v) is 3.12. The van der Waals surface area contributed by atoms with Crippen LogP contribution in [0.5, 0.6) is 0 Å². The Labute approximate surface area is 128 Å². The van der Waals surface area contributed by atoms with Gasteiger partial charge in [-0.1, -0.05) is 24.3 Å². The first-order chi connectivity index (χ1) is 10.2. The maximum absolute atomic E-state index is 4.63. The number of aromatic nitrogens is 2. The van der Waals surface area contributed by atoms with E-state index in [1.165, 1.54) is 11.1 Å². The molecule has 0 saturated heterocycles. The van der Waals surface area contributed by atoms with E-state index in [4.69, 9.17) is 0 Å². The van der Waals surface area contributed by atoms with Crippen molar-refractivity contribution in [2.75, 3.05) is 24.3 Å². The molecule has 0 aliphatic rings. The Morgan fingerprint density at radius 1 is 1.19 bits per heavy atom. The molecule has 1 aromatic carbocycles. The van der Waals surface area contributed by atoms with Crippen LogP contribution in [0.4, 0.5) is 11.8 Å². The minimum atomic E-state index is 0.664. The summed E-state index contributed by atoms with van der Waals surface area (Å²) in [7, 11) is 3.92. The van der Waals surface area contributed by atoms with E-state index in [1.807, 2.05) is 7.05 Å². The summed E-state index contributed by atoms with van der Waals surface area (Å²) in [6, 6.07) is 10.5. The molecule has 1 N–H and O–H groups in total. The van der Waals surface area contributed by atoms with Crippen LogP contribution in [-0.2, 0) is 6.54 Å². The normalized spacial score (nSPS) is 10.8. The van der Waals surface area contributed by atoms with Crippen molar-refractivity contribution in [3.8, 4) is 0 Å². The van der Waals surface area contributed by atoms with Crippen LogP contribution in [0, 0.1) is 6.92 Å². The SMILES string of the molecule is CNc1nc(N(C)Cc2ccccc2C)c2ccsc2n1. The van der Waals surface area contributed by atoms with Gasteiger partial charge in [0.2, 0.25) is 5.95 Å². The van der Waals surface area contributed by atoms with E-state index in [-0.39, 0.29) is 0 Å². The molecular weight excluding hydrogens is 280 g/mol. The molecule has 0 atom stereocenters. The van der Waals surface area contributed by atoms with Crippen molar-refractivity contribution in [3.63, 3.8) is 0 Å². The number of nitrogens with one attached hydrogen (secondary N) is 1. The van der Waals surface area contributed by atoms with Gasteiger partial charge in [-0.3, -0.25) is 0 Å². The quantitative estimate of drug-likeness (QED) is 0.798. The van der Waals surface area contributed by atoms with E-state index in [2.05, 4.69) is 69.9 Å². The van der Waals surface area contributed by atoms with Crippen LogP contribution >= 0.6 is 11.3 Å². The van der Waals surface area contributed by atoms with Crippen LogP contribution in [0.3, 0.4) is 0 Å². The molecule has 108 valence electrons. The zero-order valence-corrected chi connectivity index (χ0v) is 13.2. The second kappa shape index (κ2) is 5.69. The molecule has 2 heterocycles. The van der Waals surface area contributed by atoms with Gasteiger partial charge in [-0.05, 0) is 29.5 Å². The molecule has 3 aromatic rings. The number of rotatable bonds is 4. The molecule has 2 aromatic heterocycles. The predicted octanol–water partition coefficient (Wildman–Crippen LogP) is 3.68. The number of benzene rings is 1. The van der Waals surface area contributed by atoms with Crippen molar-refractivity contribution in [3.05, 3.63) is 46.8 Å². The number of hydrogen-bond acceptors (Lipinski definition) is 5. The lowest BCUT2D eigenvalue weighted by Crippen LogP contribution is -2.19. The summed E-state index contributed by atoms with van der Waals surface area (Å²) in [6.45, 7) is 2.97. The lowest BCUT2D eigenvalue weighted by Gasteiger charge is -2.20. The van der Waals surface area contributed by atoms with Gasteiger partial charge in [-0.25, -0.2) is 4.98 Å². The van der Waals surface area contributed by atoms with Crippen molar-refractivity contribution in [2.24, 2.45) is 0 Å². The largest absolute Gasteiger partial charge is 0.357 e. The highest BCUT2D eigenvalue weighted by Gasteiger charge is 2.13. The third-order valence-electron chi connectivity index (χ3n) is 3.56. The average Bonchev–Trinajstić information content (AvgIpc) is 2.96. The van der Waals surface area contributed by atoms with E-state index >= 15 is 0 Å². The summed E-state index contributed by atoms with van der Waals surface area (Å²) in [5, 5.41) is 6.20. The monoisotopic (exact) mass is 298 g/mol. The van der Waals surface area contributed by atoms with Gasteiger partial charge in [0, 0.05) is 20.6 Å². The summed E-state index contributed by atoms with van der Waals surface area (Å²) in [5.41, 5.74) is 2.61. The number of thiophene rings is 1. The molecule has 0 unspecified atom stereocenters. The van der Waals surface area contributed by atoms with Crippen LogP contribution < -0.4 is 10.2 Å². The van der Waals surface area contributed by atoms with Crippen molar-refractivity contribution in [2.45, 2.75) is 13.5 Å². The van der Waals surface area contributed by atoms with Crippen LogP contribution in [0.25, 0.3) is 10.2 Å². The first-order valence-corrected chi connectivity index (χ1v) is 7.75. The first-order valence-electron chi connectivity index (χ1n) is 6.87. The van der Waals surface area contributed by atoms with Gasteiger partial charge in [0.15, 0.2) is 0 Å². The molecule has 0 fully saturated rings. The molecule has 5 heteroatoms. The third kappa shape index (κ3) is 2.69. The molecule has 0 bridgehead atoms. The molecule has 3 rings (SSSR count). The summed E-state index contributed by atoms with van der Waals surface area (Å²) >= 11 is 1.64. The fourth-order valence-electron chi connectivity index (χ4n) is 2.36. The van der Waals surface area contributed by atoms with E-state index in [1.54, 1.807) is 11.3 Å². The van der Waals surface area contributed by atoms with Crippen LogP contribution in [0.15, 0.2) is 35.7 Å². The Morgan fingerprint density at radius 2 is 2.00 bits per heavy atom. The summed E-state index contributed by atoms with van der Waals surface area (Å²) < 4.78 is 0. The minimum absolute atomic E-state index is 0.664. The summed E-state index contributed by atoms with van der Waals surface area (Å²) in [6.07, 6.45) is 0. The number of nitrogens with zero attached hydrogens (tertiary/aromatic N) is 3. The number of anilines is 2. The van der Waals surface area contributed by atoms with Gasteiger partial charge >= 0.3 is 0 Å². The smallest absolute Gasteiger partial charge is 0.225 e. The molecule has 0 aliphatic heterocycles. The third-order valence-corrected chi connectivity index (χ3v) is 4.37. The maximum Gasteiger partial charge on any atom is 0.225 e. The topological polar surface area (TPSA) is 41.1 Å². The highest BCUT2D eigenvalue weighted by atomic mass is 32.1. The lowest BCUT2D eigenvalue weighted by atomic mass is 10.1. The van der Waals surface area contributed by atoms with Crippen molar-refractivity contribution >= 4 is 33.3 Å². The lowest BCUT2D eigenvalue weighted by molar-refractivity contribution is 0.894. The minimum Gasteiger partial charge on any atom is -0.357 e. The van der Waals surface area contributed by atoms with Gasteiger partial charge in [-0.2, -0.15) is 4.98 Å². The van der Waals surface area contributed by atoms with Crippen LogP contribution in [0.1, 0.15) is 11.1 Å². The van der Waals surface area contributed by atoms with Crippen molar-refractivity contribution < 1.29 is 0 Å². The summed E-state index contributed by atoms with van der Waals surface area (Å²) in [5.74, 6) is 1.63. The zero-order valence-electron chi connectivity index (χ0n) is 12.4. The van der Waals surface area contributed by atoms with E-state index in [0.29, 0.717) is 5.95 Å². The van der Waals surface area contributed by atoms with E-state index in [9.17, 15) is 0 Å². The predicted molar refractivity (Wildman–Crippen MR) is 90.2 cm³/mol. The highest BCUT2D eigenvalue weighted by molar-refractivity contribution is 7.16. The molecule has 21 heavy (non-hydrogen) atoms. The Morgan fingerprint density at radius 3 is 2.76 bits per heavy atom. The number of fused-ring (bicyclic) bond motifs is 1. The standard InChI is InChI=1S/C16H18N4S/c1-11-6-4-5-7-12(11)10-20(3)14-13-8-9-21-15(13)19-16(17-2)18-14/h4-9H,10H2,1-3H3,(H,17,18,19). The molecule has 0 aliphatic carbocycles. The van der Waals surface area contributed by atoms with Gasteiger partial charge < -0.3 is 10.2 Å². The van der Waals surface area contributed by atoms with Gasteiger partial charge in [0.25, 0.3) is 0 Å². The van der Waals surface area contributed by atoms with E-state index < -0.39 is 0 Å². The van der Waals surface area contributed by atoms with Gasteiger partial charge in [0.05, 0.1) is 5.39 Å². The van der Waals surface area contributed by atoms with Crippen molar-refractivity contribution in [1.29, 1.82) is 0 Å². The number of aryl methyl sites for hydroxylation is 1. The van der Waals surface area contributed by atoms with Gasteiger partial charge in [-0.15, -0.1) is 11.3 Å². The van der Waals surface area contributed by atoms with E-state index in [0.717, 1.165) is 22.6 Å². The number of hydrogen-bond donors (Lipinski definition) is 1. The fraction of sp³-hybridized carbons (Fsp3) is 0.250. The second-order valence-electron chi connectivity index (χ2n) is 5.04. The molecule has 0 spiro atoms. The maximum atomic E-state index is 4.63. The van der Waals surface area contributed by atoms with Crippen LogP contribution in [-0.4, -0.2) is 24.1 Å². The zero-order chi connectivity index (χ0) is 14.8. The molecule has 4 nitrogen and oxygen atoms in total.